The van der Waals surface area contributed by atoms with E-state index in [4.69, 9.17) is 5.26 Å². The van der Waals surface area contributed by atoms with Crippen molar-refractivity contribution in [1.29, 1.82) is 5.26 Å². The molecule has 0 bridgehead atoms. The van der Waals surface area contributed by atoms with Crippen LogP contribution < -0.4 is 4.90 Å². The highest BCUT2D eigenvalue weighted by Crippen LogP contribution is 2.34. The van der Waals surface area contributed by atoms with Crippen molar-refractivity contribution in [3.8, 4) is 6.07 Å². The van der Waals surface area contributed by atoms with Gasteiger partial charge in [0.05, 0.1) is 17.7 Å². The Labute approximate surface area is 108 Å². The van der Waals surface area contributed by atoms with Crippen LogP contribution in [0.25, 0.3) is 0 Å². The van der Waals surface area contributed by atoms with E-state index in [9.17, 15) is 4.79 Å². The third-order valence-electron chi connectivity index (χ3n) is 3.47. The molecule has 1 aromatic carbocycles. The van der Waals surface area contributed by atoms with Gasteiger partial charge in [0.1, 0.15) is 0 Å². The summed E-state index contributed by atoms with van der Waals surface area (Å²) in [5.41, 5.74) is 3.30. The Morgan fingerprint density at radius 3 is 2.72 bits per heavy atom. The van der Waals surface area contributed by atoms with E-state index >= 15 is 0 Å². The summed E-state index contributed by atoms with van der Waals surface area (Å²) in [4.78, 5) is 13.8. The summed E-state index contributed by atoms with van der Waals surface area (Å²) in [5.74, 6) is 0.267. The summed E-state index contributed by atoms with van der Waals surface area (Å²) in [6.07, 6.45) is 0.350. The minimum atomic E-state index is -0.169. The fourth-order valence-corrected chi connectivity index (χ4v) is 2.53. The Morgan fingerprint density at radius 2 is 2.17 bits per heavy atom. The molecule has 1 atom stereocenters. The van der Waals surface area contributed by atoms with E-state index in [0.29, 0.717) is 18.9 Å². The molecule has 3 heteroatoms. The van der Waals surface area contributed by atoms with E-state index in [1.807, 2.05) is 19.1 Å². The number of hydrogen-bond donors (Lipinski definition) is 0. The van der Waals surface area contributed by atoms with E-state index in [1.165, 1.54) is 5.56 Å². The van der Waals surface area contributed by atoms with Crippen LogP contribution in [-0.4, -0.2) is 12.5 Å². The molecule has 1 heterocycles. The van der Waals surface area contributed by atoms with Gasteiger partial charge in [-0.25, -0.2) is 0 Å². The molecule has 0 spiro atoms. The summed E-state index contributed by atoms with van der Waals surface area (Å²) >= 11 is 0. The van der Waals surface area contributed by atoms with Gasteiger partial charge in [0.25, 0.3) is 0 Å². The van der Waals surface area contributed by atoms with E-state index in [1.54, 1.807) is 4.90 Å². The monoisotopic (exact) mass is 242 g/mol. The first-order valence-electron chi connectivity index (χ1n) is 6.34. The molecule has 1 saturated heterocycles. The molecule has 94 valence electrons. The SMILES string of the molecule is Cc1cccc(C(C)C)c1N1CC(C#N)CC1=O. The molecule has 0 N–H and O–H groups in total. The van der Waals surface area contributed by atoms with Gasteiger partial charge >= 0.3 is 0 Å². The Morgan fingerprint density at radius 1 is 1.44 bits per heavy atom. The van der Waals surface area contributed by atoms with Crippen molar-refractivity contribution in [2.75, 3.05) is 11.4 Å². The van der Waals surface area contributed by atoms with Crippen molar-refractivity contribution in [2.45, 2.75) is 33.1 Å². The lowest BCUT2D eigenvalue weighted by Crippen LogP contribution is -2.26. The first-order chi connectivity index (χ1) is 8.54. The zero-order chi connectivity index (χ0) is 13.3. The maximum absolute atomic E-state index is 12.0. The third kappa shape index (κ3) is 2.11. The Kier molecular flexibility index (Phi) is 3.38. The highest BCUT2D eigenvalue weighted by atomic mass is 16.2. The predicted octanol–water partition coefficient (Wildman–Crippen LogP) is 2.99. The molecule has 1 unspecified atom stereocenters. The van der Waals surface area contributed by atoms with Gasteiger partial charge in [0.2, 0.25) is 5.91 Å². The number of benzene rings is 1. The lowest BCUT2D eigenvalue weighted by Gasteiger charge is -2.24. The lowest BCUT2D eigenvalue weighted by molar-refractivity contribution is -0.117. The second kappa shape index (κ2) is 4.81. The molecule has 1 fully saturated rings. The van der Waals surface area contributed by atoms with Crippen LogP contribution >= 0.6 is 0 Å². The van der Waals surface area contributed by atoms with Crippen molar-refractivity contribution < 1.29 is 4.79 Å². The molecule has 0 saturated carbocycles. The largest absolute Gasteiger partial charge is 0.310 e. The number of rotatable bonds is 2. The molecule has 1 amide bonds. The fraction of sp³-hybridized carbons (Fsp3) is 0.467. The normalized spacial score (nSPS) is 19.4. The van der Waals surface area contributed by atoms with Crippen LogP contribution in [0.4, 0.5) is 5.69 Å². The molecule has 0 aromatic heterocycles. The first-order valence-corrected chi connectivity index (χ1v) is 6.34. The number of anilines is 1. The number of nitrogens with zero attached hydrogens (tertiary/aromatic N) is 2. The van der Waals surface area contributed by atoms with Crippen LogP contribution in [0.2, 0.25) is 0 Å². The second-order valence-corrected chi connectivity index (χ2v) is 5.20. The summed E-state index contributed by atoms with van der Waals surface area (Å²) in [6, 6.07) is 8.32. The quantitative estimate of drug-likeness (QED) is 0.800. The van der Waals surface area contributed by atoms with Gasteiger partial charge in [0.15, 0.2) is 0 Å². The summed E-state index contributed by atoms with van der Waals surface area (Å²) in [7, 11) is 0. The van der Waals surface area contributed by atoms with Gasteiger partial charge in [0, 0.05) is 13.0 Å². The summed E-state index contributed by atoms with van der Waals surface area (Å²) in [5, 5.41) is 8.97. The number of para-hydroxylation sites is 1. The lowest BCUT2D eigenvalue weighted by atomic mass is 9.97. The van der Waals surface area contributed by atoms with Gasteiger partial charge in [-0.1, -0.05) is 32.0 Å². The van der Waals surface area contributed by atoms with Crippen molar-refractivity contribution in [1.82, 2.24) is 0 Å². The maximum Gasteiger partial charge on any atom is 0.228 e. The predicted molar refractivity (Wildman–Crippen MR) is 71.3 cm³/mol. The molecule has 1 aliphatic rings. The zero-order valence-electron chi connectivity index (χ0n) is 11.1. The average Bonchev–Trinajstić information content (AvgIpc) is 2.70. The molecular weight excluding hydrogens is 224 g/mol. The number of hydrogen-bond acceptors (Lipinski definition) is 2. The molecule has 18 heavy (non-hydrogen) atoms. The van der Waals surface area contributed by atoms with Crippen LogP contribution in [0.1, 0.15) is 37.3 Å². The molecule has 0 aliphatic carbocycles. The average molecular weight is 242 g/mol. The standard InChI is InChI=1S/C15H18N2O/c1-10(2)13-6-4-5-11(3)15(13)17-9-12(8-16)7-14(17)18/h4-6,10,12H,7,9H2,1-3H3. The molecular formula is C15H18N2O. The Balaban J connectivity index is 2.45. The molecule has 1 aromatic rings. The number of amides is 1. The Bertz CT molecular complexity index is 514. The van der Waals surface area contributed by atoms with Crippen molar-refractivity contribution in [3.63, 3.8) is 0 Å². The highest BCUT2D eigenvalue weighted by molar-refractivity contribution is 5.97. The van der Waals surface area contributed by atoms with Crippen LogP contribution in [0.3, 0.4) is 0 Å². The third-order valence-corrected chi connectivity index (χ3v) is 3.47. The highest BCUT2D eigenvalue weighted by Gasteiger charge is 2.32. The van der Waals surface area contributed by atoms with Crippen LogP contribution in [0, 0.1) is 24.2 Å². The molecule has 0 radical (unpaired) electrons. The van der Waals surface area contributed by atoms with Crippen LogP contribution in [0.5, 0.6) is 0 Å². The summed E-state index contributed by atoms with van der Waals surface area (Å²) < 4.78 is 0. The minimum absolute atomic E-state index is 0.0674. The van der Waals surface area contributed by atoms with Crippen molar-refractivity contribution in [2.24, 2.45) is 5.92 Å². The first kappa shape index (κ1) is 12.6. The van der Waals surface area contributed by atoms with E-state index in [0.717, 1.165) is 11.3 Å². The molecule has 1 aliphatic heterocycles. The topological polar surface area (TPSA) is 44.1 Å². The maximum atomic E-state index is 12.0. The number of aryl methyl sites for hydroxylation is 1. The van der Waals surface area contributed by atoms with Crippen molar-refractivity contribution in [3.05, 3.63) is 29.3 Å². The van der Waals surface area contributed by atoms with E-state index in [2.05, 4.69) is 26.0 Å². The van der Waals surface area contributed by atoms with Gasteiger partial charge in [-0.3, -0.25) is 4.79 Å². The summed E-state index contributed by atoms with van der Waals surface area (Å²) in [6.45, 7) is 6.80. The van der Waals surface area contributed by atoms with E-state index in [-0.39, 0.29) is 11.8 Å². The zero-order valence-corrected chi connectivity index (χ0v) is 11.1. The van der Waals surface area contributed by atoms with Gasteiger partial charge in [-0.15, -0.1) is 0 Å². The van der Waals surface area contributed by atoms with Gasteiger partial charge in [-0.2, -0.15) is 5.26 Å². The van der Waals surface area contributed by atoms with E-state index < -0.39 is 0 Å². The fourth-order valence-electron chi connectivity index (χ4n) is 2.53. The smallest absolute Gasteiger partial charge is 0.228 e. The number of nitriles is 1. The Hall–Kier alpha value is -1.82. The molecule has 2 rings (SSSR count). The van der Waals surface area contributed by atoms with Gasteiger partial charge < -0.3 is 4.90 Å². The van der Waals surface area contributed by atoms with Crippen molar-refractivity contribution >= 4 is 11.6 Å². The number of carbonyl (C=O) groups excluding carboxylic acids is 1. The molecule has 3 nitrogen and oxygen atoms in total. The van der Waals surface area contributed by atoms with Crippen LogP contribution in [-0.2, 0) is 4.79 Å². The van der Waals surface area contributed by atoms with Crippen LogP contribution in [0.15, 0.2) is 18.2 Å². The number of carbonyl (C=O) groups is 1. The minimum Gasteiger partial charge on any atom is -0.310 e. The second-order valence-electron chi connectivity index (χ2n) is 5.20. The van der Waals surface area contributed by atoms with Gasteiger partial charge in [-0.05, 0) is 24.0 Å².